The van der Waals surface area contributed by atoms with Gasteiger partial charge in [-0.2, -0.15) is 4.98 Å². The van der Waals surface area contributed by atoms with Crippen LogP contribution in [0.1, 0.15) is 27.6 Å². The molecule has 0 unspecified atom stereocenters. The number of nitrogens with two attached hydrogens (primary N) is 1. The standard InChI is InChI=1S/C23H18ClF4N5O2/c1-11-15(21(35)30-10-23(27,28)20(34)12-2-4-14(24)5-3-12)9-16(19(26)18(11)25)13-6-7-33-17(8-13)31-22(29)32-33/h2-9,20,34H,10H2,1H3,(H2,29,32)(H,30,35)/t20-/m1/s1. The molecular weight excluding hydrogens is 490 g/mol. The van der Waals surface area contributed by atoms with Crippen LogP contribution >= 0.6 is 11.6 Å². The zero-order valence-electron chi connectivity index (χ0n) is 18.1. The second-order valence-corrected chi connectivity index (χ2v) is 8.25. The highest BCUT2D eigenvalue weighted by Crippen LogP contribution is 2.32. The number of anilines is 1. The number of pyridine rings is 1. The van der Waals surface area contributed by atoms with Crippen LogP contribution in [0.15, 0.2) is 48.7 Å². The average Bonchev–Trinajstić information content (AvgIpc) is 3.20. The Morgan fingerprint density at radius 1 is 1.20 bits per heavy atom. The van der Waals surface area contributed by atoms with Gasteiger partial charge in [0, 0.05) is 27.9 Å². The number of amides is 1. The maximum absolute atomic E-state index is 14.8. The highest BCUT2D eigenvalue weighted by Gasteiger charge is 2.40. The van der Waals surface area contributed by atoms with Gasteiger partial charge in [-0.3, -0.25) is 4.79 Å². The van der Waals surface area contributed by atoms with Crippen molar-refractivity contribution in [3.63, 3.8) is 0 Å². The van der Waals surface area contributed by atoms with Crippen LogP contribution in [0.2, 0.25) is 5.02 Å². The van der Waals surface area contributed by atoms with Crippen LogP contribution in [-0.4, -0.2) is 38.1 Å². The van der Waals surface area contributed by atoms with Gasteiger partial charge < -0.3 is 16.2 Å². The molecule has 4 aromatic rings. The van der Waals surface area contributed by atoms with Crippen molar-refractivity contribution < 1.29 is 27.5 Å². The normalized spacial score (nSPS) is 12.7. The van der Waals surface area contributed by atoms with Crippen LogP contribution in [0.25, 0.3) is 16.8 Å². The summed E-state index contributed by atoms with van der Waals surface area (Å²) in [5, 5.41) is 16.2. The quantitative estimate of drug-likeness (QED) is 0.337. The first-order chi connectivity index (χ1) is 16.5. The maximum atomic E-state index is 14.8. The lowest BCUT2D eigenvalue weighted by Gasteiger charge is -2.23. The fraction of sp³-hybridized carbons (Fsp3) is 0.174. The minimum atomic E-state index is -3.77. The SMILES string of the molecule is Cc1c(C(=O)NCC(F)(F)[C@H](O)c2ccc(Cl)cc2)cc(-c2ccn3nc(N)nc3c2)c(F)c1F. The molecule has 0 aliphatic carbocycles. The third-order valence-electron chi connectivity index (χ3n) is 5.43. The van der Waals surface area contributed by atoms with Gasteiger partial charge >= 0.3 is 0 Å². The summed E-state index contributed by atoms with van der Waals surface area (Å²) >= 11 is 5.73. The minimum Gasteiger partial charge on any atom is -0.382 e. The Kier molecular flexibility index (Phi) is 6.39. The number of halogens is 5. The molecule has 0 saturated carbocycles. The third kappa shape index (κ3) is 4.77. The molecule has 4 N–H and O–H groups in total. The van der Waals surface area contributed by atoms with Crippen molar-refractivity contribution in [2.75, 3.05) is 12.3 Å². The number of aliphatic hydroxyl groups excluding tert-OH is 1. The van der Waals surface area contributed by atoms with Crippen molar-refractivity contribution in [1.29, 1.82) is 0 Å². The monoisotopic (exact) mass is 507 g/mol. The van der Waals surface area contributed by atoms with Crippen LogP contribution in [0, 0.1) is 18.6 Å². The van der Waals surface area contributed by atoms with Gasteiger partial charge in [0.1, 0.15) is 6.10 Å². The number of hydrogen-bond donors (Lipinski definition) is 3. The van der Waals surface area contributed by atoms with Gasteiger partial charge in [-0.1, -0.05) is 23.7 Å². The van der Waals surface area contributed by atoms with Crippen LogP contribution in [-0.2, 0) is 0 Å². The van der Waals surface area contributed by atoms with Gasteiger partial charge in [0.25, 0.3) is 11.8 Å². The zero-order valence-corrected chi connectivity index (χ0v) is 18.8. The Balaban J connectivity index is 1.60. The molecule has 2 aromatic carbocycles. The number of carbonyl (C=O) groups is 1. The van der Waals surface area contributed by atoms with E-state index in [1.165, 1.54) is 47.1 Å². The molecule has 2 heterocycles. The lowest BCUT2D eigenvalue weighted by molar-refractivity contribution is -0.106. The molecule has 0 fully saturated rings. The summed E-state index contributed by atoms with van der Waals surface area (Å²) < 4.78 is 59.9. The molecule has 35 heavy (non-hydrogen) atoms. The van der Waals surface area contributed by atoms with E-state index in [1.54, 1.807) is 0 Å². The van der Waals surface area contributed by atoms with Gasteiger partial charge in [0.2, 0.25) is 5.95 Å². The number of fused-ring (bicyclic) bond motifs is 1. The van der Waals surface area contributed by atoms with Gasteiger partial charge in [-0.05, 0) is 48.4 Å². The van der Waals surface area contributed by atoms with E-state index in [-0.39, 0.29) is 39.4 Å². The first-order valence-corrected chi connectivity index (χ1v) is 10.6. The smallest absolute Gasteiger partial charge is 0.294 e. The Morgan fingerprint density at radius 3 is 2.57 bits per heavy atom. The van der Waals surface area contributed by atoms with E-state index in [0.717, 1.165) is 13.0 Å². The van der Waals surface area contributed by atoms with Crippen LogP contribution < -0.4 is 11.1 Å². The summed E-state index contributed by atoms with van der Waals surface area (Å²) in [7, 11) is 0. The molecule has 0 aliphatic rings. The van der Waals surface area contributed by atoms with Crippen molar-refractivity contribution in [2.45, 2.75) is 19.0 Å². The van der Waals surface area contributed by atoms with E-state index in [4.69, 9.17) is 17.3 Å². The minimum absolute atomic E-state index is 0.0282. The lowest BCUT2D eigenvalue weighted by atomic mass is 9.98. The van der Waals surface area contributed by atoms with Crippen molar-refractivity contribution in [2.24, 2.45) is 0 Å². The summed E-state index contributed by atoms with van der Waals surface area (Å²) in [5.74, 6) is -7.39. The zero-order chi connectivity index (χ0) is 25.5. The van der Waals surface area contributed by atoms with E-state index in [2.05, 4.69) is 10.1 Å². The molecular formula is C23H18ClF4N5O2. The number of alkyl halides is 2. The first kappa shape index (κ1) is 24.4. The number of carbonyl (C=O) groups excluding carboxylic acids is 1. The molecule has 4 rings (SSSR count). The first-order valence-electron chi connectivity index (χ1n) is 10.2. The third-order valence-corrected chi connectivity index (χ3v) is 5.68. The van der Waals surface area contributed by atoms with E-state index in [9.17, 15) is 27.5 Å². The summed E-state index contributed by atoms with van der Waals surface area (Å²) in [5.41, 5.74) is 4.85. The van der Waals surface area contributed by atoms with Crippen molar-refractivity contribution in [3.8, 4) is 11.1 Å². The highest BCUT2D eigenvalue weighted by atomic mass is 35.5. The van der Waals surface area contributed by atoms with Crippen LogP contribution in [0.4, 0.5) is 23.5 Å². The number of nitrogens with one attached hydrogen (secondary N) is 1. The predicted octanol–water partition coefficient (Wildman–Crippen LogP) is 4.32. The number of aromatic nitrogens is 3. The average molecular weight is 508 g/mol. The topological polar surface area (TPSA) is 106 Å². The fourth-order valence-electron chi connectivity index (χ4n) is 3.51. The van der Waals surface area contributed by atoms with Crippen molar-refractivity contribution >= 4 is 29.1 Å². The van der Waals surface area contributed by atoms with Crippen LogP contribution in [0.5, 0.6) is 0 Å². The summed E-state index contributed by atoms with van der Waals surface area (Å²) in [6.07, 6.45) is -0.812. The second-order valence-electron chi connectivity index (χ2n) is 7.81. The molecule has 1 amide bonds. The van der Waals surface area contributed by atoms with Gasteiger partial charge in [0.05, 0.1) is 6.54 Å². The van der Waals surface area contributed by atoms with Gasteiger partial charge in [-0.15, -0.1) is 5.10 Å². The summed E-state index contributed by atoms with van der Waals surface area (Å²) in [6, 6.07) is 8.99. The Hall–Kier alpha value is -3.70. The Labute approximate surface area is 201 Å². The van der Waals surface area contributed by atoms with Gasteiger partial charge in [0.15, 0.2) is 17.3 Å². The molecule has 0 radical (unpaired) electrons. The number of nitrogen functional groups attached to an aromatic ring is 1. The molecule has 0 spiro atoms. The van der Waals surface area contributed by atoms with Crippen molar-refractivity contribution in [1.82, 2.24) is 19.9 Å². The lowest BCUT2D eigenvalue weighted by Crippen LogP contribution is -2.41. The molecule has 0 bridgehead atoms. The number of hydrogen-bond acceptors (Lipinski definition) is 5. The molecule has 1 atom stereocenters. The van der Waals surface area contributed by atoms with Crippen LogP contribution in [0.3, 0.4) is 0 Å². The van der Waals surface area contributed by atoms with E-state index < -0.39 is 36.1 Å². The molecule has 182 valence electrons. The number of rotatable bonds is 6. The maximum Gasteiger partial charge on any atom is 0.294 e. The number of benzene rings is 2. The summed E-state index contributed by atoms with van der Waals surface area (Å²) in [6.45, 7) is -0.103. The van der Waals surface area contributed by atoms with Crippen molar-refractivity contribution in [3.05, 3.63) is 82.0 Å². The predicted molar refractivity (Wildman–Crippen MR) is 121 cm³/mol. The van der Waals surface area contributed by atoms with E-state index >= 15 is 0 Å². The molecule has 12 heteroatoms. The number of aliphatic hydroxyl groups is 1. The summed E-state index contributed by atoms with van der Waals surface area (Å²) in [4.78, 5) is 16.7. The molecule has 7 nitrogen and oxygen atoms in total. The highest BCUT2D eigenvalue weighted by molar-refractivity contribution is 6.30. The fourth-order valence-corrected chi connectivity index (χ4v) is 3.63. The Bertz CT molecular complexity index is 1430. The second kappa shape index (κ2) is 9.16. The molecule has 0 aliphatic heterocycles. The number of nitrogens with zero attached hydrogens (tertiary/aromatic N) is 3. The molecule has 2 aromatic heterocycles. The van der Waals surface area contributed by atoms with E-state index in [0.29, 0.717) is 5.02 Å². The van der Waals surface area contributed by atoms with E-state index in [1.807, 2.05) is 5.32 Å². The molecule has 0 saturated heterocycles. The largest absolute Gasteiger partial charge is 0.382 e. The Morgan fingerprint density at radius 2 is 1.89 bits per heavy atom. The van der Waals surface area contributed by atoms with Gasteiger partial charge in [-0.25, -0.2) is 22.1 Å².